The third-order valence-corrected chi connectivity index (χ3v) is 10.8. The van der Waals surface area contributed by atoms with Gasteiger partial charge in [-0.15, -0.1) is 0 Å². The van der Waals surface area contributed by atoms with Gasteiger partial charge in [-0.2, -0.15) is 0 Å². The zero-order valence-corrected chi connectivity index (χ0v) is 31.4. The number of nitrogens with zero attached hydrogens (tertiary/aromatic N) is 2. The number of aliphatic hydroxyl groups is 1. The summed E-state index contributed by atoms with van der Waals surface area (Å²) in [6.45, 7) is 7.98. The molecule has 14 heteroatoms. The maximum atomic E-state index is 14.5. The molecule has 4 aromatic rings. The highest BCUT2D eigenvalue weighted by Gasteiger charge is 2.49. The first kappa shape index (κ1) is 39.5. The highest BCUT2D eigenvalue weighted by Crippen LogP contribution is 2.42. The average molecular weight is 768 g/mol. The molecular formula is C40H47F3N4O6P+. The predicted octanol–water partition coefficient (Wildman–Crippen LogP) is 6.65. The number of quaternary nitrogens is 1. The van der Waals surface area contributed by atoms with E-state index in [1.54, 1.807) is 47.4 Å². The fourth-order valence-electron chi connectivity index (χ4n) is 7.72. The molecule has 2 aliphatic rings. The monoisotopic (exact) mass is 767 g/mol. The van der Waals surface area contributed by atoms with Crippen molar-refractivity contribution in [2.24, 2.45) is 0 Å². The molecule has 2 fully saturated rings. The number of amides is 2. The van der Waals surface area contributed by atoms with Gasteiger partial charge in [0.2, 0.25) is 0 Å². The molecule has 2 amide bonds. The van der Waals surface area contributed by atoms with Crippen molar-refractivity contribution in [2.45, 2.75) is 69.9 Å². The van der Waals surface area contributed by atoms with E-state index in [4.69, 9.17) is 4.52 Å². The first-order chi connectivity index (χ1) is 25.4. The summed E-state index contributed by atoms with van der Waals surface area (Å²) in [5.41, 5.74) is 1.69. The van der Waals surface area contributed by atoms with Crippen LogP contribution < -0.4 is 15.2 Å². The van der Waals surface area contributed by atoms with Crippen molar-refractivity contribution in [1.29, 1.82) is 0 Å². The lowest BCUT2D eigenvalue weighted by Gasteiger charge is -2.46. The number of urea groups is 1. The Kier molecular flexibility index (Phi) is 11.3. The molecule has 288 valence electrons. The van der Waals surface area contributed by atoms with Crippen molar-refractivity contribution >= 4 is 13.9 Å². The second-order valence-corrected chi connectivity index (χ2v) is 16.7. The van der Waals surface area contributed by atoms with Crippen LogP contribution in [-0.4, -0.2) is 68.1 Å². The van der Waals surface area contributed by atoms with Gasteiger partial charge in [0, 0.05) is 42.1 Å². The van der Waals surface area contributed by atoms with Gasteiger partial charge in [-0.25, -0.2) is 22.5 Å². The summed E-state index contributed by atoms with van der Waals surface area (Å²) in [6, 6.07) is 22.2. The maximum Gasteiger partial charge on any atom is 0.524 e. The molecule has 2 saturated heterocycles. The highest BCUT2D eigenvalue weighted by molar-refractivity contribution is 7.46. The molecule has 5 N–H and O–H groups in total. The van der Waals surface area contributed by atoms with Gasteiger partial charge in [-0.1, -0.05) is 42.5 Å². The van der Waals surface area contributed by atoms with Gasteiger partial charge in [0.1, 0.15) is 41.8 Å². The molecule has 0 saturated carbocycles. The zero-order chi connectivity index (χ0) is 38.9. The highest BCUT2D eigenvalue weighted by atomic mass is 31.2. The van der Waals surface area contributed by atoms with Crippen molar-refractivity contribution in [1.82, 2.24) is 15.5 Å². The summed E-state index contributed by atoms with van der Waals surface area (Å²) in [6.07, 6.45) is 0.127. The van der Waals surface area contributed by atoms with Crippen molar-refractivity contribution in [2.75, 3.05) is 26.2 Å². The Labute approximate surface area is 313 Å². The molecule has 6 rings (SSSR count). The Hall–Kier alpha value is -4.23. The molecule has 54 heavy (non-hydrogen) atoms. The summed E-state index contributed by atoms with van der Waals surface area (Å²) in [7, 11) is -4.96. The number of benzene rings is 4. The summed E-state index contributed by atoms with van der Waals surface area (Å²) >= 11 is 0. The van der Waals surface area contributed by atoms with Crippen LogP contribution in [0.4, 0.5) is 18.0 Å². The van der Waals surface area contributed by atoms with Gasteiger partial charge in [0.25, 0.3) is 0 Å². The minimum absolute atomic E-state index is 0.0239. The molecule has 10 nitrogen and oxygen atoms in total. The Morgan fingerprint density at radius 3 is 2.07 bits per heavy atom. The van der Waals surface area contributed by atoms with E-state index < -0.39 is 36.9 Å². The standard InChI is InChI=1S/C40H46F3N4O6P/c1-39(2,3)44-23-36(48)28-7-16-37(53-54(50,51)52)29(22-28)25-47(24-27-5-4-6-34(43)21-27)19-17-35(18-20-47)46-26-40(45-38(46)49,30-8-12-32(41)13-9-30)31-10-14-33(42)15-11-31/h4-16,21-22,35-36,44,48H,17-20,23-26H2,1-3H3,(H2-,45,49,50,51,52)/p+1. The van der Waals surface area contributed by atoms with E-state index in [0.717, 1.165) is 5.56 Å². The molecule has 0 bridgehead atoms. The fourth-order valence-corrected chi connectivity index (χ4v) is 8.15. The third kappa shape index (κ3) is 9.34. The van der Waals surface area contributed by atoms with Crippen molar-refractivity contribution < 1.29 is 46.4 Å². The number of nitrogens with one attached hydrogen (secondary N) is 2. The smallest absolute Gasteiger partial charge is 0.404 e. The van der Waals surface area contributed by atoms with Crippen molar-refractivity contribution in [3.05, 3.63) is 136 Å². The van der Waals surface area contributed by atoms with E-state index >= 15 is 0 Å². The molecule has 0 aliphatic carbocycles. The molecule has 0 spiro atoms. The Morgan fingerprint density at radius 1 is 0.907 bits per heavy atom. The van der Waals surface area contributed by atoms with Gasteiger partial charge in [0.05, 0.1) is 25.7 Å². The van der Waals surface area contributed by atoms with E-state index in [1.807, 2.05) is 26.8 Å². The second kappa shape index (κ2) is 15.5. The molecule has 1 atom stereocenters. The van der Waals surface area contributed by atoms with Crippen LogP contribution in [-0.2, 0) is 23.2 Å². The zero-order valence-electron chi connectivity index (χ0n) is 30.5. The topological polar surface area (TPSA) is 131 Å². The largest absolute Gasteiger partial charge is 0.524 e. The number of phosphoric ester groups is 1. The van der Waals surface area contributed by atoms with Crippen molar-refractivity contribution in [3.8, 4) is 5.75 Å². The number of hydrogen-bond donors (Lipinski definition) is 5. The minimum Gasteiger partial charge on any atom is -0.404 e. The van der Waals surface area contributed by atoms with Crippen LogP contribution in [0.2, 0.25) is 0 Å². The summed E-state index contributed by atoms with van der Waals surface area (Å²) < 4.78 is 60.1. The summed E-state index contributed by atoms with van der Waals surface area (Å²) in [5, 5.41) is 17.5. The quantitative estimate of drug-likeness (QED) is 0.0807. The lowest BCUT2D eigenvalue weighted by molar-refractivity contribution is -0.958. The van der Waals surface area contributed by atoms with Gasteiger partial charge >= 0.3 is 13.9 Å². The maximum absolute atomic E-state index is 14.5. The van der Waals surface area contributed by atoms with Crippen LogP contribution in [0.25, 0.3) is 0 Å². The SMILES string of the molecule is CC(C)(C)NCC(O)c1ccc(OP(=O)(O)O)c(C[N+]2(Cc3cccc(F)c3)CCC(N3CC(c4ccc(F)cc4)(c4ccc(F)cc4)NC3=O)CC2)c1. The van der Waals surface area contributed by atoms with Crippen LogP contribution in [0.15, 0.2) is 91.0 Å². The third-order valence-electron chi connectivity index (χ3n) is 10.4. The molecule has 0 radical (unpaired) electrons. The van der Waals surface area contributed by atoms with Crippen LogP contribution in [0.3, 0.4) is 0 Å². The van der Waals surface area contributed by atoms with E-state index in [9.17, 15) is 37.4 Å². The number of rotatable bonds is 12. The second-order valence-electron chi connectivity index (χ2n) is 15.5. The Morgan fingerprint density at radius 2 is 1.52 bits per heavy atom. The fraction of sp³-hybridized carbons (Fsp3) is 0.375. The molecule has 2 aliphatic heterocycles. The average Bonchev–Trinajstić information content (AvgIpc) is 3.45. The Balaban J connectivity index is 1.31. The Bertz CT molecular complexity index is 1950. The van der Waals surface area contributed by atoms with Crippen LogP contribution in [0.1, 0.15) is 67.5 Å². The molecular weight excluding hydrogens is 720 g/mol. The number of aliphatic hydroxyl groups excluding tert-OH is 1. The molecule has 2 heterocycles. The lowest BCUT2D eigenvalue weighted by Crippen LogP contribution is -2.56. The lowest BCUT2D eigenvalue weighted by atomic mass is 9.83. The molecule has 0 aromatic heterocycles. The predicted molar refractivity (Wildman–Crippen MR) is 197 cm³/mol. The minimum atomic E-state index is -4.96. The number of likely N-dealkylation sites (tertiary alicyclic amines) is 1. The van der Waals surface area contributed by atoms with E-state index in [2.05, 4.69) is 10.6 Å². The number of phosphoric acid groups is 1. The van der Waals surface area contributed by atoms with Crippen molar-refractivity contribution in [3.63, 3.8) is 0 Å². The van der Waals surface area contributed by atoms with Crippen LogP contribution >= 0.6 is 7.82 Å². The van der Waals surface area contributed by atoms with Crippen LogP contribution in [0.5, 0.6) is 5.75 Å². The number of β-amino-alcohol motifs (C(OH)–C–C–N with tert-alkyl or cyclic N) is 1. The normalized spacial score (nSPS) is 20.8. The number of carbonyl (C=O) groups is 1. The first-order valence-corrected chi connectivity index (χ1v) is 19.5. The van der Waals surface area contributed by atoms with Gasteiger partial charge in [-0.3, -0.25) is 9.79 Å². The summed E-state index contributed by atoms with van der Waals surface area (Å²) in [4.78, 5) is 35.2. The van der Waals surface area contributed by atoms with Gasteiger partial charge < -0.3 is 29.6 Å². The van der Waals surface area contributed by atoms with E-state index in [1.165, 1.54) is 42.5 Å². The van der Waals surface area contributed by atoms with E-state index in [-0.39, 0.29) is 43.0 Å². The number of halogens is 3. The molecule has 4 aromatic carbocycles. The van der Waals surface area contributed by atoms with Gasteiger partial charge in [0.15, 0.2) is 0 Å². The summed E-state index contributed by atoms with van der Waals surface area (Å²) in [5.74, 6) is -1.27. The van der Waals surface area contributed by atoms with E-state index in [0.29, 0.717) is 59.2 Å². The number of carbonyl (C=O) groups excluding carboxylic acids is 1. The number of piperidine rings is 1. The van der Waals surface area contributed by atoms with Gasteiger partial charge in [-0.05, 0) is 86.0 Å². The number of hydrogen-bond acceptors (Lipinski definition) is 5. The van der Waals surface area contributed by atoms with Crippen LogP contribution in [0, 0.1) is 17.5 Å². The first-order valence-electron chi connectivity index (χ1n) is 17.9. The molecule has 1 unspecified atom stereocenters.